The standard InChI is InChI=1S/C12H10ClNO3S/c13-11-4-3-10(18-11)9(12(15)16)7-17-8-2-1-5-14-6-8/h1-6,9H,7H2,(H,15,16). The average molecular weight is 284 g/mol. The minimum absolute atomic E-state index is 0.0534. The number of nitrogens with zero attached hydrogens (tertiary/aromatic N) is 1. The maximum atomic E-state index is 11.2. The Kier molecular flexibility index (Phi) is 4.17. The van der Waals surface area contributed by atoms with Crippen LogP contribution in [0.25, 0.3) is 0 Å². The summed E-state index contributed by atoms with van der Waals surface area (Å²) >= 11 is 7.05. The number of aliphatic carboxylic acids is 1. The van der Waals surface area contributed by atoms with Crippen LogP contribution in [0.2, 0.25) is 4.34 Å². The van der Waals surface area contributed by atoms with E-state index in [0.717, 1.165) is 0 Å². The Morgan fingerprint density at radius 3 is 2.89 bits per heavy atom. The first kappa shape index (κ1) is 12.9. The Morgan fingerprint density at radius 1 is 1.50 bits per heavy atom. The van der Waals surface area contributed by atoms with Gasteiger partial charge in [0.25, 0.3) is 0 Å². The van der Waals surface area contributed by atoms with E-state index in [-0.39, 0.29) is 6.61 Å². The lowest BCUT2D eigenvalue weighted by Gasteiger charge is -2.11. The summed E-state index contributed by atoms with van der Waals surface area (Å²) in [4.78, 5) is 15.8. The van der Waals surface area contributed by atoms with Gasteiger partial charge in [0.2, 0.25) is 0 Å². The maximum absolute atomic E-state index is 11.2. The van der Waals surface area contributed by atoms with E-state index in [1.165, 1.54) is 11.3 Å². The predicted molar refractivity (Wildman–Crippen MR) is 69.4 cm³/mol. The van der Waals surface area contributed by atoms with Crippen LogP contribution in [-0.4, -0.2) is 22.7 Å². The van der Waals surface area contributed by atoms with Gasteiger partial charge >= 0.3 is 5.97 Å². The van der Waals surface area contributed by atoms with Gasteiger partial charge in [0.1, 0.15) is 18.3 Å². The molecule has 0 aromatic carbocycles. The molecule has 1 atom stereocenters. The van der Waals surface area contributed by atoms with E-state index in [2.05, 4.69) is 4.98 Å². The number of aromatic nitrogens is 1. The average Bonchev–Trinajstić information content (AvgIpc) is 2.77. The smallest absolute Gasteiger partial charge is 0.315 e. The fourth-order valence-electron chi connectivity index (χ4n) is 1.40. The van der Waals surface area contributed by atoms with E-state index in [1.807, 2.05) is 0 Å². The molecule has 4 nitrogen and oxygen atoms in total. The summed E-state index contributed by atoms with van der Waals surface area (Å²) in [5.74, 6) is -1.11. The van der Waals surface area contributed by atoms with E-state index in [0.29, 0.717) is 15.0 Å². The second-order valence-corrected chi connectivity index (χ2v) is 5.28. The van der Waals surface area contributed by atoms with Gasteiger partial charge < -0.3 is 9.84 Å². The molecule has 2 aromatic heterocycles. The summed E-state index contributed by atoms with van der Waals surface area (Å²) in [6.45, 7) is 0.0534. The predicted octanol–water partition coefficient (Wildman–Crippen LogP) is 3.04. The van der Waals surface area contributed by atoms with Crippen molar-refractivity contribution in [1.82, 2.24) is 4.98 Å². The monoisotopic (exact) mass is 283 g/mol. The first-order valence-electron chi connectivity index (χ1n) is 5.17. The van der Waals surface area contributed by atoms with Crippen LogP contribution in [0.15, 0.2) is 36.7 Å². The third-order valence-electron chi connectivity index (χ3n) is 2.29. The van der Waals surface area contributed by atoms with Crippen LogP contribution in [0.5, 0.6) is 5.75 Å². The van der Waals surface area contributed by atoms with Crippen molar-refractivity contribution in [3.05, 3.63) is 45.9 Å². The molecule has 0 bridgehead atoms. The number of thiophene rings is 1. The molecule has 0 saturated heterocycles. The highest BCUT2D eigenvalue weighted by atomic mass is 35.5. The van der Waals surface area contributed by atoms with Crippen molar-refractivity contribution in [3.8, 4) is 5.75 Å². The third-order valence-corrected chi connectivity index (χ3v) is 3.63. The van der Waals surface area contributed by atoms with Crippen LogP contribution in [0.3, 0.4) is 0 Å². The molecule has 0 aliphatic rings. The Morgan fingerprint density at radius 2 is 2.33 bits per heavy atom. The van der Waals surface area contributed by atoms with Crippen LogP contribution < -0.4 is 4.74 Å². The van der Waals surface area contributed by atoms with E-state index >= 15 is 0 Å². The molecule has 0 fully saturated rings. The van der Waals surface area contributed by atoms with Crippen LogP contribution >= 0.6 is 22.9 Å². The fraction of sp³-hybridized carbons (Fsp3) is 0.167. The molecule has 1 N–H and O–H groups in total. The number of hydrogen-bond donors (Lipinski definition) is 1. The van der Waals surface area contributed by atoms with Gasteiger partial charge in [-0.05, 0) is 24.3 Å². The van der Waals surface area contributed by atoms with Crippen molar-refractivity contribution < 1.29 is 14.6 Å². The third kappa shape index (κ3) is 3.21. The van der Waals surface area contributed by atoms with Gasteiger partial charge in [0.05, 0.1) is 10.5 Å². The molecular formula is C12H10ClNO3S. The minimum atomic E-state index is -0.933. The number of halogens is 1. The van der Waals surface area contributed by atoms with Crippen molar-refractivity contribution in [2.45, 2.75) is 5.92 Å². The van der Waals surface area contributed by atoms with Crippen LogP contribution in [0.1, 0.15) is 10.8 Å². The van der Waals surface area contributed by atoms with Crippen LogP contribution in [0.4, 0.5) is 0 Å². The molecule has 0 aliphatic heterocycles. The van der Waals surface area contributed by atoms with Gasteiger partial charge in [-0.1, -0.05) is 11.6 Å². The molecule has 2 rings (SSSR count). The van der Waals surface area contributed by atoms with Gasteiger partial charge in [0, 0.05) is 11.1 Å². The summed E-state index contributed by atoms with van der Waals surface area (Å²) in [5.41, 5.74) is 0. The normalized spacial score (nSPS) is 12.1. The lowest BCUT2D eigenvalue weighted by atomic mass is 10.1. The summed E-state index contributed by atoms with van der Waals surface area (Å²) in [6, 6.07) is 6.85. The summed E-state index contributed by atoms with van der Waals surface area (Å²) in [5, 5.41) is 9.18. The molecule has 0 saturated carbocycles. The maximum Gasteiger partial charge on any atom is 0.315 e. The molecule has 1 unspecified atom stereocenters. The molecule has 2 aromatic rings. The number of rotatable bonds is 5. The van der Waals surface area contributed by atoms with E-state index in [4.69, 9.17) is 16.3 Å². The highest BCUT2D eigenvalue weighted by Gasteiger charge is 2.22. The van der Waals surface area contributed by atoms with Crippen molar-refractivity contribution in [2.75, 3.05) is 6.61 Å². The number of hydrogen-bond acceptors (Lipinski definition) is 4. The number of carbonyl (C=O) groups is 1. The topological polar surface area (TPSA) is 59.4 Å². The fourth-order valence-corrected chi connectivity index (χ4v) is 2.54. The first-order valence-corrected chi connectivity index (χ1v) is 6.37. The number of ether oxygens (including phenoxy) is 1. The molecule has 18 heavy (non-hydrogen) atoms. The Labute approximate surface area is 113 Å². The van der Waals surface area contributed by atoms with Crippen molar-refractivity contribution in [1.29, 1.82) is 0 Å². The van der Waals surface area contributed by atoms with E-state index < -0.39 is 11.9 Å². The highest BCUT2D eigenvalue weighted by Crippen LogP contribution is 2.29. The molecule has 0 aliphatic carbocycles. The lowest BCUT2D eigenvalue weighted by Crippen LogP contribution is -2.18. The van der Waals surface area contributed by atoms with E-state index in [9.17, 15) is 9.90 Å². The summed E-state index contributed by atoms with van der Waals surface area (Å²) in [6.07, 6.45) is 3.17. The van der Waals surface area contributed by atoms with Gasteiger partial charge in [-0.15, -0.1) is 11.3 Å². The molecule has 0 radical (unpaired) electrons. The zero-order valence-electron chi connectivity index (χ0n) is 9.25. The van der Waals surface area contributed by atoms with E-state index in [1.54, 1.807) is 36.7 Å². The van der Waals surface area contributed by atoms with Crippen LogP contribution in [0, 0.1) is 0 Å². The van der Waals surface area contributed by atoms with Gasteiger partial charge in [-0.2, -0.15) is 0 Å². The van der Waals surface area contributed by atoms with Crippen molar-refractivity contribution in [3.63, 3.8) is 0 Å². The quantitative estimate of drug-likeness (QED) is 0.916. The Bertz CT molecular complexity index is 529. The molecule has 94 valence electrons. The lowest BCUT2D eigenvalue weighted by molar-refractivity contribution is -0.139. The van der Waals surface area contributed by atoms with Crippen molar-refractivity contribution in [2.24, 2.45) is 0 Å². The largest absolute Gasteiger partial charge is 0.491 e. The van der Waals surface area contributed by atoms with Crippen LogP contribution in [-0.2, 0) is 4.79 Å². The molecule has 0 spiro atoms. The second-order valence-electron chi connectivity index (χ2n) is 3.53. The zero-order chi connectivity index (χ0) is 13.0. The van der Waals surface area contributed by atoms with Crippen molar-refractivity contribution >= 4 is 28.9 Å². The molecule has 6 heteroatoms. The highest BCUT2D eigenvalue weighted by molar-refractivity contribution is 7.16. The Hall–Kier alpha value is -1.59. The van der Waals surface area contributed by atoms with Gasteiger partial charge in [-0.3, -0.25) is 9.78 Å². The van der Waals surface area contributed by atoms with Gasteiger partial charge in [0.15, 0.2) is 0 Å². The Balaban J connectivity index is 2.06. The van der Waals surface area contributed by atoms with Gasteiger partial charge in [-0.25, -0.2) is 0 Å². The molecule has 2 heterocycles. The number of carboxylic acid groups (broad SMARTS) is 1. The summed E-state index contributed by atoms with van der Waals surface area (Å²) < 4.78 is 5.98. The number of carboxylic acids is 1. The first-order chi connectivity index (χ1) is 8.66. The number of pyridine rings is 1. The minimum Gasteiger partial charge on any atom is -0.491 e. The molecular weight excluding hydrogens is 274 g/mol. The molecule has 0 amide bonds. The second kappa shape index (κ2) is 5.84. The summed E-state index contributed by atoms with van der Waals surface area (Å²) in [7, 11) is 0. The zero-order valence-corrected chi connectivity index (χ0v) is 10.8. The SMILES string of the molecule is O=C(O)C(COc1cccnc1)c1ccc(Cl)s1.